The van der Waals surface area contributed by atoms with Crippen molar-refractivity contribution >= 4 is 22.6 Å². The van der Waals surface area contributed by atoms with Crippen LogP contribution in [-0.2, 0) is 22.4 Å². The van der Waals surface area contributed by atoms with Gasteiger partial charge in [0.1, 0.15) is 0 Å². The van der Waals surface area contributed by atoms with Crippen molar-refractivity contribution in [2.45, 2.75) is 25.8 Å². The molecule has 2 N–H and O–H groups in total. The van der Waals surface area contributed by atoms with Gasteiger partial charge in [-0.25, -0.2) is 0 Å². The fourth-order valence-corrected chi connectivity index (χ4v) is 3.71. The molecule has 1 atom stereocenters. The van der Waals surface area contributed by atoms with Crippen LogP contribution in [-0.4, -0.2) is 43.9 Å². The van der Waals surface area contributed by atoms with Gasteiger partial charge in [-0.15, -0.1) is 0 Å². The molecule has 3 aromatic carbocycles. The zero-order valence-corrected chi connectivity index (χ0v) is 18.5. The molecule has 3 aromatic rings. The number of amides is 2. The van der Waals surface area contributed by atoms with Gasteiger partial charge in [0.25, 0.3) is 0 Å². The van der Waals surface area contributed by atoms with Crippen LogP contribution in [0.4, 0.5) is 0 Å². The van der Waals surface area contributed by atoms with Crippen molar-refractivity contribution in [2.75, 3.05) is 27.2 Å². The van der Waals surface area contributed by atoms with Gasteiger partial charge < -0.3 is 15.5 Å². The highest BCUT2D eigenvalue weighted by atomic mass is 16.2. The number of carbonyl (C=O) groups is 2. The number of likely N-dealkylation sites (N-methyl/N-ethyl adjacent to an activating group) is 1. The van der Waals surface area contributed by atoms with Gasteiger partial charge in [0.05, 0.1) is 19.0 Å². The van der Waals surface area contributed by atoms with Gasteiger partial charge >= 0.3 is 0 Å². The molecule has 0 saturated heterocycles. The topological polar surface area (TPSA) is 61.4 Å². The van der Waals surface area contributed by atoms with E-state index in [4.69, 9.17) is 0 Å². The number of nitrogens with one attached hydrogen (secondary N) is 2. The summed E-state index contributed by atoms with van der Waals surface area (Å²) >= 11 is 0. The molecule has 162 valence electrons. The number of hydrogen-bond acceptors (Lipinski definition) is 3. The van der Waals surface area contributed by atoms with Crippen molar-refractivity contribution < 1.29 is 9.59 Å². The molecule has 0 bridgehead atoms. The van der Waals surface area contributed by atoms with Crippen LogP contribution < -0.4 is 10.6 Å². The second-order valence-electron chi connectivity index (χ2n) is 7.97. The average Bonchev–Trinajstić information content (AvgIpc) is 2.78. The number of hydrogen-bond donors (Lipinski definition) is 2. The largest absolute Gasteiger partial charge is 0.353 e. The van der Waals surface area contributed by atoms with Crippen LogP contribution in [0.25, 0.3) is 10.8 Å². The Labute approximate surface area is 184 Å². The van der Waals surface area contributed by atoms with Gasteiger partial charge in [-0.3, -0.25) is 9.59 Å². The first-order valence-electron chi connectivity index (χ1n) is 10.7. The highest BCUT2D eigenvalue weighted by Crippen LogP contribution is 2.19. The Kier molecular flexibility index (Phi) is 7.79. The molecule has 0 fully saturated rings. The molecule has 2 amide bonds. The minimum Gasteiger partial charge on any atom is -0.353 e. The van der Waals surface area contributed by atoms with Crippen LogP contribution in [0.15, 0.2) is 66.7 Å². The van der Waals surface area contributed by atoms with Crippen LogP contribution in [0.1, 0.15) is 29.7 Å². The van der Waals surface area contributed by atoms with Gasteiger partial charge in [-0.1, -0.05) is 73.7 Å². The van der Waals surface area contributed by atoms with E-state index < -0.39 is 0 Å². The summed E-state index contributed by atoms with van der Waals surface area (Å²) in [4.78, 5) is 26.8. The van der Waals surface area contributed by atoms with Crippen LogP contribution in [0, 0.1) is 0 Å². The molecule has 0 spiro atoms. The van der Waals surface area contributed by atoms with E-state index in [0.717, 1.165) is 28.3 Å². The Hall–Kier alpha value is -3.18. The Bertz CT molecular complexity index is 1020. The smallest absolute Gasteiger partial charge is 0.239 e. The molecular formula is C26H31N3O2. The average molecular weight is 418 g/mol. The molecule has 0 radical (unpaired) electrons. The number of rotatable bonds is 9. The maximum atomic E-state index is 12.4. The third-order valence-corrected chi connectivity index (χ3v) is 5.57. The molecule has 5 heteroatoms. The third-order valence-electron chi connectivity index (χ3n) is 5.57. The molecule has 0 aliphatic heterocycles. The van der Waals surface area contributed by atoms with E-state index in [1.54, 1.807) is 0 Å². The van der Waals surface area contributed by atoms with E-state index in [9.17, 15) is 9.59 Å². The summed E-state index contributed by atoms with van der Waals surface area (Å²) in [6, 6.07) is 22.5. The summed E-state index contributed by atoms with van der Waals surface area (Å²) in [5.74, 6) is -0.353. The van der Waals surface area contributed by atoms with Crippen molar-refractivity contribution in [3.05, 3.63) is 83.4 Å². The Morgan fingerprint density at radius 2 is 1.58 bits per heavy atom. The van der Waals surface area contributed by atoms with Crippen LogP contribution in [0.5, 0.6) is 0 Å². The summed E-state index contributed by atoms with van der Waals surface area (Å²) in [7, 11) is 3.99. The molecule has 0 unspecified atom stereocenters. The lowest BCUT2D eigenvalue weighted by atomic mass is 10.0. The molecular weight excluding hydrogens is 386 g/mol. The van der Waals surface area contributed by atoms with E-state index in [1.807, 2.05) is 56.6 Å². The second-order valence-corrected chi connectivity index (χ2v) is 7.97. The Morgan fingerprint density at radius 1 is 0.871 bits per heavy atom. The first kappa shape index (κ1) is 22.5. The van der Waals surface area contributed by atoms with Crippen molar-refractivity contribution in [1.29, 1.82) is 0 Å². The Morgan fingerprint density at radius 3 is 2.29 bits per heavy atom. The number of fused-ring (bicyclic) bond motifs is 1. The zero-order chi connectivity index (χ0) is 22.2. The number of benzene rings is 3. The summed E-state index contributed by atoms with van der Waals surface area (Å²) in [6.45, 7) is 2.59. The van der Waals surface area contributed by atoms with Gasteiger partial charge in [-0.2, -0.15) is 0 Å². The minimum atomic E-state index is -0.191. The van der Waals surface area contributed by atoms with Crippen LogP contribution in [0.3, 0.4) is 0 Å². The van der Waals surface area contributed by atoms with Crippen molar-refractivity contribution in [3.8, 4) is 0 Å². The Balaban J connectivity index is 1.51. The number of aryl methyl sites for hydroxylation is 1. The van der Waals surface area contributed by atoms with Crippen LogP contribution in [0.2, 0.25) is 0 Å². The number of carbonyl (C=O) groups excluding carboxylic acids is 2. The summed E-state index contributed by atoms with van der Waals surface area (Å²) in [6.07, 6.45) is 1.25. The highest BCUT2D eigenvalue weighted by molar-refractivity contribution is 5.91. The third kappa shape index (κ3) is 6.15. The van der Waals surface area contributed by atoms with E-state index >= 15 is 0 Å². The minimum absolute atomic E-state index is 0.0292. The van der Waals surface area contributed by atoms with Crippen LogP contribution >= 0.6 is 0 Å². The molecule has 0 aliphatic carbocycles. The molecule has 5 nitrogen and oxygen atoms in total. The van der Waals surface area contributed by atoms with Gasteiger partial charge in [0.2, 0.25) is 11.8 Å². The van der Waals surface area contributed by atoms with Gasteiger partial charge in [0, 0.05) is 6.54 Å². The van der Waals surface area contributed by atoms with Gasteiger partial charge in [-0.05, 0) is 48.0 Å². The SMILES string of the molecule is CCc1ccc([C@H](CNC(=O)CNC(=O)Cc2cccc3ccccc23)N(C)C)cc1. The quantitative estimate of drug-likeness (QED) is 0.560. The van der Waals surface area contributed by atoms with Crippen molar-refractivity contribution in [3.63, 3.8) is 0 Å². The van der Waals surface area contributed by atoms with Gasteiger partial charge in [0.15, 0.2) is 0 Å². The van der Waals surface area contributed by atoms with E-state index in [2.05, 4.69) is 46.7 Å². The normalized spacial score (nSPS) is 12.0. The highest BCUT2D eigenvalue weighted by Gasteiger charge is 2.16. The fraction of sp³-hybridized carbons (Fsp3) is 0.308. The molecule has 0 heterocycles. The second kappa shape index (κ2) is 10.7. The lowest BCUT2D eigenvalue weighted by molar-refractivity contribution is -0.125. The predicted octanol–water partition coefficient (Wildman–Crippen LogP) is 3.48. The lowest BCUT2D eigenvalue weighted by Crippen LogP contribution is -2.41. The summed E-state index contributed by atoms with van der Waals surface area (Å²) in [5.41, 5.74) is 3.40. The first-order chi connectivity index (χ1) is 15.0. The van der Waals surface area contributed by atoms with E-state index in [-0.39, 0.29) is 30.8 Å². The fourth-order valence-electron chi connectivity index (χ4n) is 3.71. The van der Waals surface area contributed by atoms with E-state index in [1.165, 1.54) is 5.56 Å². The maximum absolute atomic E-state index is 12.4. The summed E-state index contributed by atoms with van der Waals surface area (Å²) in [5, 5.41) is 7.85. The van der Waals surface area contributed by atoms with Crippen molar-refractivity contribution in [1.82, 2.24) is 15.5 Å². The standard InChI is InChI=1S/C26H31N3O2/c1-4-19-12-14-21(15-13-19)24(29(2)3)17-27-26(31)18-28-25(30)16-22-10-7-9-20-8-5-6-11-23(20)22/h5-15,24H,4,16-18H2,1-3H3,(H,27,31)(H,28,30)/t24-/m0/s1. The summed E-state index contributed by atoms with van der Waals surface area (Å²) < 4.78 is 0. The molecule has 0 aromatic heterocycles. The lowest BCUT2D eigenvalue weighted by Gasteiger charge is -2.25. The number of nitrogens with zero attached hydrogens (tertiary/aromatic N) is 1. The monoisotopic (exact) mass is 417 g/mol. The maximum Gasteiger partial charge on any atom is 0.239 e. The molecule has 3 rings (SSSR count). The van der Waals surface area contributed by atoms with Crippen molar-refractivity contribution in [2.24, 2.45) is 0 Å². The van der Waals surface area contributed by atoms with E-state index in [0.29, 0.717) is 6.54 Å². The zero-order valence-electron chi connectivity index (χ0n) is 18.5. The molecule has 0 saturated carbocycles. The predicted molar refractivity (Wildman–Crippen MR) is 126 cm³/mol. The molecule has 0 aliphatic rings. The first-order valence-corrected chi connectivity index (χ1v) is 10.7. The molecule has 31 heavy (non-hydrogen) atoms.